The summed E-state index contributed by atoms with van der Waals surface area (Å²) in [4.78, 5) is 12.4. The zero-order valence-electron chi connectivity index (χ0n) is 29.3. The molecule has 2 aromatic heterocycles. The lowest BCUT2D eigenvalue weighted by Crippen LogP contribution is -2.09. The van der Waals surface area contributed by atoms with Gasteiger partial charge in [-0.1, -0.05) is 133 Å². The van der Waals surface area contributed by atoms with E-state index in [0.717, 1.165) is 67.1 Å². The first-order chi connectivity index (χ1) is 26.7. The van der Waals surface area contributed by atoms with Crippen molar-refractivity contribution < 1.29 is 4.42 Å². The van der Waals surface area contributed by atoms with Crippen LogP contribution in [0.3, 0.4) is 0 Å². The number of furan rings is 1. The molecule has 0 radical (unpaired) electrons. The number of hydrogen-bond acceptors (Lipinski definition) is 4. The lowest BCUT2D eigenvalue weighted by atomic mass is 10.0. The van der Waals surface area contributed by atoms with E-state index < -0.39 is 0 Å². The molecule has 4 nitrogen and oxygen atoms in total. The molecule has 0 unspecified atom stereocenters. The Morgan fingerprint density at radius 3 is 1.63 bits per heavy atom. The van der Waals surface area contributed by atoms with E-state index in [1.54, 1.807) is 0 Å². The zero-order valence-corrected chi connectivity index (χ0v) is 29.3. The van der Waals surface area contributed by atoms with Gasteiger partial charge in [0.25, 0.3) is 0 Å². The van der Waals surface area contributed by atoms with Crippen LogP contribution in [-0.4, -0.2) is 9.97 Å². The first-order valence-electron chi connectivity index (χ1n) is 18.1. The highest BCUT2D eigenvalue weighted by Crippen LogP contribution is 2.40. The van der Waals surface area contributed by atoms with Gasteiger partial charge in [-0.25, -0.2) is 9.97 Å². The van der Waals surface area contributed by atoms with Gasteiger partial charge in [-0.3, -0.25) is 0 Å². The Hall–Kier alpha value is -7.30. The molecule has 0 amide bonds. The fourth-order valence-electron chi connectivity index (χ4n) is 7.33. The molecule has 8 aromatic carbocycles. The normalized spacial score (nSPS) is 11.3. The van der Waals surface area contributed by atoms with Crippen LogP contribution in [-0.2, 0) is 0 Å². The molecule has 10 rings (SSSR count). The van der Waals surface area contributed by atoms with E-state index in [-0.39, 0.29) is 0 Å². The van der Waals surface area contributed by atoms with Crippen LogP contribution in [0.4, 0.5) is 17.1 Å². The van der Waals surface area contributed by atoms with Gasteiger partial charge < -0.3 is 9.32 Å². The molecule has 0 aliphatic rings. The maximum absolute atomic E-state index is 6.54. The van der Waals surface area contributed by atoms with Gasteiger partial charge in [-0.05, 0) is 88.6 Å². The maximum atomic E-state index is 6.54. The Morgan fingerprint density at radius 1 is 0.333 bits per heavy atom. The van der Waals surface area contributed by atoms with Crippen molar-refractivity contribution in [1.82, 2.24) is 9.97 Å². The van der Waals surface area contributed by atoms with Crippen molar-refractivity contribution in [3.05, 3.63) is 200 Å². The van der Waals surface area contributed by atoms with E-state index in [9.17, 15) is 0 Å². The molecule has 0 aliphatic carbocycles. The summed E-state index contributed by atoms with van der Waals surface area (Å²) < 4.78 is 6.54. The van der Waals surface area contributed by atoms with E-state index in [1.165, 1.54) is 21.9 Å². The van der Waals surface area contributed by atoms with Gasteiger partial charge in [-0.2, -0.15) is 0 Å². The summed E-state index contributed by atoms with van der Waals surface area (Å²) in [6, 6.07) is 69.7. The lowest BCUT2D eigenvalue weighted by molar-refractivity contribution is 0.669. The van der Waals surface area contributed by atoms with Crippen LogP contribution in [0.5, 0.6) is 0 Å². The Kier molecular flexibility index (Phi) is 7.77. The largest absolute Gasteiger partial charge is 0.456 e. The number of para-hydroxylation sites is 1. The third-order valence-electron chi connectivity index (χ3n) is 10.1. The van der Waals surface area contributed by atoms with Crippen molar-refractivity contribution >= 4 is 49.8 Å². The fourth-order valence-corrected chi connectivity index (χ4v) is 7.33. The van der Waals surface area contributed by atoms with Crippen LogP contribution in [0.25, 0.3) is 77.7 Å². The van der Waals surface area contributed by atoms with Crippen molar-refractivity contribution in [1.29, 1.82) is 0 Å². The minimum atomic E-state index is 0.684. The average molecular weight is 692 g/mol. The second-order valence-electron chi connectivity index (χ2n) is 13.5. The molecule has 0 atom stereocenters. The summed E-state index contributed by atoms with van der Waals surface area (Å²) in [7, 11) is 0. The molecule has 0 N–H and O–H groups in total. The van der Waals surface area contributed by atoms with Crippen LogP contribution >= 0.6 is 0 Å². The first-order valence-corrected chi connectivity index (χ1v) is 18.1. The molecule has 0 saturated heterocycles. The average Bonchev–Trinajstić information content (AvgIpc) is 3.62. The van der Waals surface area contributed by atoms with Crippen molar-refractivity contribution in [2.24, 2.45) is 0 Å². The summed E-state index contributed by atoms with van der Waals surface area (Å²) in [5.41, 5.74) is 11.9. The molecule has 0 bridgehead atoms. The van der Waals surface area contributed by atoms with Gasteiger partial charge in [0.2, 0.25) is 0 Å². The lowest BCUT2D eigenvalue weighted by Gasteiger charge is -2.25. The minimum Gasteiger partial charge on any atom is -0.456 e. The van der Waals surface area contributed by atoms with Crippen molar-refractivity contribution in [3.8, 4) is 45.0 Å². The maximum Gasteiger partial charge on any atom is 0.160 e. The van der Waals surface area contributed by atoms with Gasteiger partial charge in [0.15, 0.2) is 5.82 Å². The number of nitrogens with zero attached hydrogens (tertiary/aromatic N) is 3. The van der Waals surface area contributed by atoms with Gasteiger partial charge in [0, 0.05) is 44.5 Å². The standard InChI is InChI=1S/C50H33N3O/c1-4-12-34(13-5-1)36-22-25-42(26-23-36)53(41-18-8-3-9-19-41)43-27-29-48-45(32-43)44-28-24-40(31-49(44)54-48)47-33-46(51-50(52-47)37-15-6-2-7-16-37)39-21-20-35-14-10-11-17-38(35)30-39/h1-33H. The molecule has 0 saturated carbocycles. The van der Waals surface area contributed by atoms with Crippen molar-refractivity contribution in [2.75, 3.05) is 4.90 Å². The molecule has 0 fully saturated rings. The van der Waals surface area contributed by atoms with E-state index in [4.69, 9.17) is 14.4 Å². The van der Waals surface area contributed by atoms with Gasteiger partial charge >= 0.3 is 0 Å². The second kappa shape index (κ2) is 13.4. The molecule has 54 heavy (non-hydrogen) atoms. The zero-order chi connectivity index (χ0) is 35.8. The topological polar surface area (TPSA) is 42.2 Å². The summed E-state index contributed by atoms with van der Waals surface area (Å²) in [6.07, 6.45) is 0. The van der Waals surface area contributed by atoms with Gasteiger partial charge in [0.05, 0.1) is 11.4 Å². The number of hydrogen-bond donors (Lipinski definition) is 0. The Balaban J connectivity index is 1.06. The van der Waals surface area contributed by atoms with Gasteiger partial charge in [-0.15, -0.1) is 0 Å². The molecular formula is C50H33N3O. The summed E-state index contributed by atoms with van der Waals surface area (Å²) in [6.45, 7) is 0. The highest BCUT2D eigenvalue weighted by molar-refractivity contribution is 6.07. The predicted molar refractivity (Wildman–Crippen MR) is 223 cm³/mol. The van der Waals surface area contributed by atoms with E-state index in [2.05, 4.69) is 181 Å². The van der Waals surface area contributed by atoms with Gasteiger partial charge in [0.1, 0.15) is 11.2 Å². The van der Waals surface area contributed by atoms with Crippen LogP contribution in [0.1, 0.15) is 0 Å². The predicted octanol–water partition coefficient (Wildman–Crippen LogP) is 13.7. The number of rotatable bonds is 7. The third-order valence-corrected chi connectivity index (χ3v) is 10.1. The van der Waals surface area contributed by atoms with Crippen LogP contribution in [0.2, 0.25) is 0 Å². The summed E-state index contributed by atoms with van der Waals surface area (Å²) in [5.74, 6) is 0.684. The highest BCUT2D eigenvalue weighted by Gasteiger charge is 2.17. The second-order valence-corrected chi connectivity index (χ2v) is 13.5. The number of anilines is 3. The van der Waals surface area contributed by atoms with E-state index >= 15 is 0 Å². The minimum absolute atomic E-state index is 0.684. The molecule has 4 heteroatoms. The summed E-state index contributed by atoms with van der Waals surface area (Å²) in [5, 5.41) is 4.48. The molecule has 10 aromatic rings. The Bertz CT molecular complexity index is 2920. The van der Waals surface area contributed by atoms with E-state index in [1.807, 2.05) is 24.3 Å². The highest BCUT2D eigenvalue weighted by atomic mass is 16.3. The van der Waals surface area contributed by atoms with Crippen molar-refractivity contribution in [2.45, 2.75) is 0 Å². The molecule has 2 heterocycles. The van der Waals surface area contributed by atoms with Crippen LogP contribution in [0, 0.1) is 0 Å². The first kappa shape index (κ1) is 31.4. The fraction of sp³-hybridized carbons (Fsp3) is 0. The molecule has 254 valence electrons. The van der Waals surface area contributed by atoms with E-state index in [0.29, 0.717) is 5.82 Å². The molecular weight excluding hydrogens is 659 g/mol. The SMILES string of the molecule is c1ccc(-c2ccc(N(c3ccccc3)c3ccc4oc5cc(-c6cc(-c7ccc8ccccc8c7)nc(-c7ccccc7)n6)ccc5c4c3)cc2)cc1. The molecule has 0 spiro atoms. The Morgan fingerprint density at radius 2 is 0.889 bits per heavy atom. The Labute approximate surface area is 313 Å². The number of benzene rings is 8. The quantitative estimate of drug-likeness (QED) is 0.167. The third kappa shape index (κ3) is 5.86. The van der Waals surface area contributed by atoms with Crippen molar-refractivity contribution in [3.63, 3.8) is 0 Å². The number of aromatic nitrogens is 2. The van der Waals surface area contributed by atoms with Crippen LogP contribution in [0.15, 0.2) is 205 Å². The molecule has 0 aliphatic heterocycles. The van der Waals surface area contributed by atoms with Crippen LogP contribution < -0.4 is 4.90 Å². The number of fused-ring (bicyclic) bond motifs is 4. The summed E-state index contributed by atoms with van der Waals surface area (Å²) >= 11 is 0. The smallest absolute Gasteiger partial charge is 0.160 e. The monoisotopic (exact) mass is 691 g/mol.